The van der Waals surface area contributed by atoms with Gasteiger partial charge in [-0.3, -0.25) is 10.3 Å². The zero-order valence-electron chi connectivity index (χ0n) is 16.0. The van der Waals surface area contributed by atoms with Crippen LogP contribution < -0.4 is 10.6 Å². The summed E-state index contributed by atoms with van der Waals surface area (Å²) in [6, 6.07) is 4.12. The van der Waals surface area contributed by atoms with Gasteiger partial charge in [0.15, 0.2) is 0 Å². The van der Waals surface area contributed by atoms with Crippen molar-refractivity contribution in [1.29, 1.82) is 0 Å². The second-order valence-corrected chi connectivity index (χ2v) is 9.38. The Kier molecular flexibility index (Phi) is 5.86. The molecular weight excluding hydrogens is 469 g/mol. The molecule has 1 aliphatic heterocycles. The minimum absolute atomic E-state index is 0.248. The van der Waals surface area contributed by atoms with Gasteiger partial charge in [0, 0.05) is 62.5 Å². The lowest BCUT2D eigenvalue weighted by molar-refractivity contribution is 0.252. The van der Waals surface area contributed by atoms with E-state index in [-0.39, 0.29) is 11.9 Å². The van der Waals surface area contributed by atoms with Gasteiger partial charge in [0.05, 0.1) is 11.0 Å². The normalized spacial score (nSPS) is 19.5. The molecule has 2 aromatic rings. The number of aliphatic imine (C=N–C) groups is 1. The first-order valence-electron chi connectivity index (χ1n) is 9.49. The number of carbonyl (C=O) groups excluding carboxylic acids is 1. The number of H-pyrrole nitrogens is 1. The van der Waals surface area contributed by atoms with E-state index in [4.69, 9.17) is 8.05 Å². The molecule has 2 amide bonds. The number of amides is 2. The number of carbonyl (C=O) groups is 1. The molecule has 28 heavy (non-hydrogen) atoms. The first kappa shape index (κ1) is 19.3. The average Bonchev–Trinajstić information content (AvgIpc) is 3.46. The molecule has 4 rings (SSSR count). The number of aromatic nitrogens is 2. The third kappa shape index (κ3) is 4.17. The molecule has 1 fully saturated rings. The molecule has 0 radical (unpaired) electrons. The van der Waals surface area contributed by atoms with E-state index in [0.717, 1.165) is 23.1 Å². The fourth-order valence-corrected chi connectivity index (χ4v) is 5.45. The van der Waals surface area contributed by atoms with E-state index in [2.05, 4.69) is 38.8 Å². The number of dihydropyridines is 1. The van der Waals surface area contributed by atoms with Crippen molar-refractivity contribution >= 4 is 53.9 Å². The summed E-state index contributed by atoms with van der Waals surface area (Å²) in [7, 11) is 1.78. The molecule has 1 aromatic carbocycles. The highest BCUT2D eigenvalue weighted by Gasteiger charge is 2.30. The summed E-state index contributed by atoms with van der Waals surface area (Å²) in [6.07, 6.45) is 8.46. The third-order valence-electron chi connectivity index (χ3n) is 4.80. The Hall–Kier alpha value is -2.07. The highest BCUT2D eigenvalue weighted by atomic mass is 127. The molecule has 0 saturated heterocycles. The van der Waals surface area contributed by atoms with Crippen molar-refractivity contribution in [3.63, 3.8) is 0 Å². The van der Waals surface area contributed by atoms with Crippen molar-refractivity contribution in [2.75, 3.05) is 25.5 Å². The summed E-state index contributed by atoms with van der Waals surface area (Å²) in [5.41, 5.74) is 4.20. The van der Waals surface area contributed by atoms with E-state index < -0.39 is 21.1 Å². The molecule has 8 heteroatoms. The van der Waals surface area contributed by atoms with Crippen molar-refractivity contribution < 1.29 is 7.86 Å². The second-order valence-electron chi connectivity index (χ2n) is 6.89. The number of urea groups is 1. The highest BCUT2D eigenvalue weighted by Crippen LogP contribution is 2.39. The van der Waals surface area contributed by atoms with Crippen LogP contribution in [0, 0.1) is 5.92 Å². The number of hydrogen-bond donors (Lipinski definition) is 3. The molecule has 7 nitrogen and oxygen atoms in total. The molecule has 1 atom stereocenters. The van der Waals surface area contributed by atoms with E-state index in [9.17, 15) is 4.79 Å². The van der Waals surface area contributed by atoms with Gasteiger partial charge in [-0.2, -0.15) is 0 Å². The average molecular weight is 493 g/mol. The van der Waals surface area contributed by atoms with Gasteiger partial charge in [-0.05, 0) is 49.5 Å². The predicted molar refractivity (Wildman–Crippen MR) is 122 cm³/mol. The number of anilines is 1. The molecule has 0 bridgehead atoms. The van der Waals surface area contributed by atoms with Gasteiger partial charge in [-0.15, -0.1) is 0 Å². The molecule has 3 N–H and O–H groups in total. The van der Waals surface area contributed by atoms with Crippen molar-refractivity contribution in [2.45, 2.75) is 25.7 Å². The number of halogens is 1. The monoisotopic (exact) mass is 493 g/mol. The first-order chi connectivity index (χ1) is 13.7. The molecule has 0 spiro atoms. The fraction of sp³-hybridized carbons (Fsp3) is 0.400. The van der Waals surface area contributed by atoms with Gasteiger partial charge >= 0.3 is 6.03 Å². The number of nitrogens with zero attached hydrogens (tertiary/aromatic N) is 2. The van der Waals surface area contributed by atoms with Gasteiger partial charge in [0.1, 0.15) is 0 Å². The topological polar surface area (TPSA) is 91.4 Å². The smallest absolute Gasteiger partial charge is 0.321 e. The number of allylic oxidation sites excluding steroid dienone is 1. The Labute approximate surface area is 174 Å². The number of hydrogen-bond acceptors (Lipinski definition) is 4. The maximum Gasteiger partial charge on any atom is 0.321 e. The largest absolute Gasteiger partial charge is 0.338 e. The fourth-order valence-electron chi connectivity index (χ4n) is 3.35. The molecule has 1 aromatic heterocycles. The summed E-state index contributed by atoms with van der Waals surface area (Å²) in [5.74, 6) is 1.31. The van der Waals surface area contributed by atoms with Crippen LogP contribution in [0.2, 0.25) is 0 Å². The summed E-state index contributed by atoms with van der Waals surface area (Å²) < 4.78 is 7.01. The summed E-state index contributed by atoms with van der Waals surface area (Å²) in [4.78, 5) is 24.3. The van der Waals surface area contributed by atoms with Crippen LogP contribution in [0.15, 0.2) is 29.3 Å². The van der Waals surface area contributed by atoms with E-state index in [1.807, 2.05) is 19.2 Å². The lowest BCUT2D eigenvalue weighted by Gasteiger charge is -2.15. The van der Waals surface area contributed by atoms with E-state index >= 15 is 0 Å². The maximum atomic E-state index is 11.9. The lowest BCUT2D eigenvalue weighted by atomic mass is 9.93. The van der Waals surface area contributed by atoms with Gasteiger partial charge in [-0.1, -0.05) is 6.08 Å². The van der Waals surface area contributed by atoms with Gasteiger partial charge in [0.2, 0.25) is 5.95 Å². The first-order valence-corrected chi connectivity index (χ1v) is 11.5. The number of nitrogens with one attached hydrogen (secondary N) is 3. The van der Waals surface area contributed by atoms with Gasteiger partial charge < -0.3 is 13.4 Å². The number of rotatable bonds is 6. The van der Waals surface area contributed by atoms with Crippen LogP contribution in [0.1, 0.15) is 36.8 Å². The Morgan fingerprint density at radius 3 is 2.93 bits per heavy atom. The van der Waals surface area contributed by atoms with Crippen LogP contribution in [0.5, 0.6) is 0 Å². The van der Waals surface area contributed by atoms with E-state index in [0.29, 0.717) is 18.4 Å². The van der Waals surface area contributed by atoms with Crippen LogP contribution in [-0.2, 0) is 3.07 Å². The zero-order valence-corrected chi connectivity index (χ0v) is 18.1. The van der Waals surface area contributed by atoms with Crippen molar-refractivity contribution in [1.82, 2.24) is 15.3 Å². The Morgan fingerprint density at radius 1 is 1.39 bits per heavy atom. The third-order valence-corrected chi connectivity index (χ3v) is 7.17. The quantitative estimate of drug-likeness (QED) is 0.534. The SMILES string of the molecule is CCNC(=O)Nc1nc2c(C(=IOC)C3CC3)cc(C3C=CC=NC3)cc2[nH]1. The standard InChI is InChI=1S/C20H24IN5O2/c1-3-23-20(27)26-19-24-16-10-14(13-5-4-8-22-11-13)9-15(18(16)25-19)17(21-28-2)12-6-7-12/h4-5,8-10,12-13H,3,6-7,11H2,1-2H3,(H3,23,24,25,26,27). The number of aromatic amines is 1. The predicted octanol–water partition coefficient (Wildman–Crippen LogP) is 3.89. The van der Waals surface area contributed by atoms with Crippen LogP contribution >= 0.6 is 21.1 Å². The van der Waals surface area contributed by atoms with Gasteiger partial charge in [-0.25, -0.2) is 9.78 Å². The highest BCUT2D eigenvalue weighted by molar-refractivity contribution is 14.2. The van der Waals surface area contributed by atoms with Crippen molar-refractivity contribution in [2.24, 2.45) is 10.9 Å². The zero-order chi connectivity index (χ0) is 19.5. The lowest BCUT2D eigenvalue weighted by Crippen LogP contribution is -2.28. The van der Waals surface area contributed by atoms with Crippen LogP contribution in [0.25, 0.3) is 11.0 Å². The molecular formula is C20H24IN5O2. The van der Waals surface area contributed by atoms with Crippen molar-refractivity contribution in [3.05, 3.63) is 35.4 Å². The molecule has 1 saturated carbocycles. The summed E-state index contributed by atoms with van der Waals surface area (Å²) in [6.45, 7) is 3.19. The maximum absolute atomic E-state index is 11.9. The Balaban J connectivity index is 1.79. The number of imidazole rings is 1. The van der Waals surface area contributed by atoms with Crippen LogP contribution in [0.3, 0.4) is 0 Å². The second kappa shape index (κ2) is 8.52. The summed E-state index contributed by atoms with van der Waals surface area (Å²) >= 11 is -0.499. The van der Waals surface area contributed by atoms with Crippen molar-refractivity contribution in [3.8, 4) is 0 Å². The number of fused-ring (bicyclic) bond motifs is 1. The Morgan fingerprint density at radius 2 is 2.25 bits per heavy atom. The van der Waals surface area contributed by atoms with E-state index in [1.165, 1.54) is 21.9 Å². The minimum Gasteiger partial charge on any atom is -0.338 e. The van der Waals surface area contributed by atoms with Gasteiger partial charge in [0.25, 0.3) is 0 Å². The Bertz CT molecular complexity index is 974. The van der Waals surface area contributed by atoms with E-state index in [1.54, 1.807) is 7.11 Å². The molecule has 148 valence electrons. The summed E-state index contributed by atoms with van der Waals surface area (Å²) in [5, 5.41) is 5.52. The van der Waals surface area contributed by atoms with Crippen LogP contribution in [0.4, 0.5) is 10.7 Å². The number of benzene rings is 1. The molecule has 2 aliphatic rings. The molecule has 2 heterocycles. The molecule has 1 unspecified atom stereocenters. The van der Waals surface area contributed by atoms with Crippen LogP contribution in [-0.4, -0.2) is 45.9 Å². The minimum atomic E-state index is -0.499. The molecule has 1 aliphatic carbocycles.